The summed E-state index contributed by atoms with van der Waals surface area (Å²) in [5.41, 5.74) is 0.272. The third-order valence-electron chi connectivity index (χ3n) is 4.23. The Morgan fingerprint density at radius 2 is 1.91 bits per heavy atom. The Morgan fingerprint density at radius 3 is 2.48 bits per heavy atom. The van der Waals surface area contributed by atoms with Crippen LogP contribution in [0.4, 0.5) is 4.79 Å². The first-order valence-electron chi connectivity index (χ1n) is 7.99. The lowest BCUT2D eigenvalue weighted by Crippen LogP contribution is -2.51. The maximum atomic E-state index is 12.0. The molecule has 4 N–H and O–H groups in total. The van der Waals surface area contributed by atoms with Crippen molar-refractivity contribution in [2.24, 2.45) is 0 Å². The van der Waals surface area contributed by atoms with Crippen LogP contribution >= 0.6 is 0 Å². The summed E-state index contributed by atoms with van der Waals surface area (Å²) in [5.74, 6) is -0.881. The summed E-state index contributed by atoms with van der Waals surface area (Å²) in [6.07, 6.45) is 3.34. The molecule has 2 rings (SSSR count). The monoisotopic (exact) mass is 320 g/mol. The second-order valence-corrected chi connectivity index (χ2v) is 6.22. The number of hydrogen-bond donors (Lipinski definition) is 4. The Kier molecular flexibility index (Phi) is 5.98. The van der Waals surface area contributed by atoms with Gasteiger partial charge in [-0.1, -0.05) is 30.3 Å². The SMILES string of the molecule is O=C(O)CCC(Cc1ccccc1)NC(=O)NCC1(O)CCC1. The molecule has 0 radical (unpaired) electrons. The molecular weight excluding hydrogens is 296 g/mol. The van der Waals surface area contributed by atoms with Gasteiger partial charge in [-0.2, -0.15) is 0 Å². The summed E-state index contributed by atoms with van der Waals surface area (Å²) in [4.78, 5) is 22.8. The van der Waals surface area contributed by atoms with Crippen molar-refractivity contribution in [2.45, 2.75) is 50.2 Å². The van der Waals surface area contributed by atoms with Crippen molar-refractivity contribution < 1.29 is 19.8 Å². The van der Waals surface area contributed by atoms with E-state index in [1.54, 1.807) is 0 Å². The number of nitrogens with one attached hydrogen (secondary N) is 2. The number of carboxylic acid groups (broad SMARTS) is 1. The number of hydrogen-bond acceptors (Lipinski definition) is 3. The standard InChI is InChI=1S/C17H24N2O4/c20-15(21)8-7-14(11-13-5-2-1-3-6-13)19-16(22)18-12-17(23)9-4-10-17/h1-3,5-6,14,23H,4,7-12H2,(H,20,21)(H2,18,19,22). The van der Waals surface area contributed by atoms with Crippen molar-refractivity contribution in [1.82, 2.24) is 10.6 Å². The first-order valence-corrected chi connectivity index (χ1v) is 7.99. The van der Waals surface area contributed by atoms with Gasteiger partial charge in [-0.15, -0.1) is 0 Å². The molecule has 1 aliphatic carbocycles. The van der Waals surface area contributed by atoms with Crippen molar-refractivity contribution in [3.63, 3.8) is 0 Å². The Balaban J connectivity index is 1.85. The van der Waals surface area contributed by atoms with E-state index in [2.05, 4.69) is 10.6 Å². The summed E-state index contributed by atoms with van der Waals surface area (Å²) in [7, 11) is 0. The Morgan fingerprint density at radius 1 is 1.22 bits per heavy atom. The fourth-order valence-corrected chi connectivity index (χ4v) is 2.66. The topological polar surface area (TPSA) is 98.7 Å². The average molecular weight is 320 g/mol. The van der Waals surface area contributed by atoms with Crippen LogP contribution in [0.1, 0.15) is 37.7 Å². The molecule has 1 fully saturated rings. The normalized spacial score (nSPS) is 16.9. The minimum atomic E-state index is -0.881. The van der Waals surface area contributed by atoms with Gasteiger partial charge in [0.15, 0.2) is 0 Å². The van der Waals surface area contributed by atoms with Gasteiger partial charge in [0, 0.05) is 19.0 Å². The van der Waals surface area contributed by atoms with E-state index in [4.69, 9.17) is 5.11 Å². The number of rotatable bonds is 8. The zero-order valence-electron chi connectivity index (χ0n) is 13.1. The van der Waals surface area contributed by atoms with Crippen LogP contribution in [0.3, 0.4) is 0 Å². The number of carbonyl (C=O) groups excluding carboxylic acids is 1. The molecule has 0 heterocycles. The van der Waals surface area contributed by atoms with Crippen LogP contribution in [0.25, 0.3) is 0 Å². The predicted molar refractivity (Wildman–Crippen MR) is 86.1 cm³/mol. The molecule has 1 aromatic carbocycles. The lowest BCUT2D eigenvalue weighted by Gasteiger charge is -2.36. The number of urea groups is 1. The highest BCUT2D eigenvalue weighted by molar-refractivity contribution is 5.74. The Hall–Kier alpha value is -2.08. The summed E-state index contributed by atoms with van der Waals surface area (Å²) >= 11 is 0. The Bertz CT molecular complexity index is 529. The molecule has 0 aliphatic heterocycles. The van der Waals surface area contributed by atoms with Crippen molar-refractivity contribution in [1.29, 1.82) is 0 Å². The minimum Gasteiger partial charge on any atom is -0.481 e. The van der Waals surface area contributed by atoms with Crippen LogP contribution in [-0.4, -0.2) is 40.4 Å². The molecular formula is C17H24N2O4. The third-order valence-corrected chi connectivity index (χ3v) is 4.23. The fraction of sp³-hybridized carbons (Fsp3) is 0.529. The van der Waals surface area contributed by atoms with Crippen LogP contribution in [0.15, 0.2) is 30.3 Å². The molecule has 0 bridgehead atoms. The predicted octanol–water partition coefficient (Wildman–Crippen LogP) is 1.68. The molecule has 6 heteroatoms. The molecule has 1 atom stereocenters. The summed E-state index contributed by atoms with van der Waals surface area (Å²) in [5, 5.41) is 24.3. The summed E-state index contributed by atoms with van der Waals surface area (Å²) < 4.78 is 0. The molecule has 1 unspecified atom stereocenters. The number of benzene rings is 1. The largest absolute Gasteiger partial charge is 0.481 e. The van der Waals surface area contributed by atoms with Gasteiger partial charge in [-0.25, -0.2) is 4.79 Å². The highest BCUT2D eigenvalue weighted by Gasteiger charge is 2.34. The number of aliphatic hydroxyl groups is 1. The second kappa shape index (κ2) is 7.97. The lowest BCUT2D eigenvalue weighted by atomic mass is 9.80. The van der Waals surface area contributed by atoms with Gasteiger partial charge in [0.25, 0.3) is 0 Å². The maximum absolute atomic E-state index is 12.0. The maximum Gasteiger partial charge on any atom is 0.315 e. The van der Waals surface area contributed by atoms with Gasteiger partial charge in [0.1, 0.15) is 0 Å². The molecule has 0 aromatic heterocycles. The van der Waals surface area contributed by atoms with Gasteiger partial charge in [-0.05, 0) is 37.7 Å². The first-order chi connectivity index (χ1) is 11.0. The second-order valence-electron chi connectivity index (χ2n) is 6.22. The average Bonchev–Trinajstić information content (AvgIpc) is 2.49. The van der Waals surface area contributed by atoms with Crippen LogP contribution in [0.2, 0.25) is 0 Å². The van der Waals surface area contributed by atoms with Crippen molar-refractivity contribution in [3.8, 4) is 0 Å². The Labute approximate surface area is 135 Å². The van der Waals surface area contributed by atoms with Gasteiger partial charge in [0.05, 0.1) is 5.60 Å². The van der Waals surface area contributed by atoms with Crippen molar-refractivity contribution in [2.75, 3.05) is 6.54 Å². The molecule has 6 nitrogen and oxygen atoms in total. The van der Waals surface area contributed by atoms with Gasteiger partial charge >= 0.3 is 12.0 Å². The highest BCUT2D eigenvalue weighted by Crippen LogP contribution is 2.30. The van der Waals surface area contributed by atoms with Crippen LogP contribution < -0.4 is 10.6 Å². The van der Waals surface area contributed by atoms with Gasteiger partial charge < -0.3 is 20.8 Å². The number of carboxylic acids is 1. The van der Waals surface area contributed by atoms with Crippen molar-refractivity contribution in [3.05, 3.63) is 35.9 Å². The van der Waals surface area contributed by atoms with Gasteiger partial charge in [-0.3, -0.25) is 4.79 Å². The van der Waals surface area contributed by atoms with E-state index >= 15 is 0 Å². The molecule has 0 saturated heterocycles. The quantitative estimate of drug-likeness (QED) is 0.585. The number of carbonyl (C=O) groups is 2. The first kappa shape index (κ1) is 17.3. The molecule has 2 amide bonds. The highest BCUT2D eigenvalue weighted by atomic mass is 16.4. The summed E-state index contributed by atoms with van der Waals surface area (Å²) in [6.45, 7) is 0.232. The van der Waals surface area contributed by atoms with Crippen molar-refractivity contribution >= 4 is 12.0 Å². The van der Waals surface area contributed by atoms with E-state index in [-0.39, 0.29) is 25.0 Å². The molecule has 126 valence electrons. The summed E-state index contributed by atoms with van der Waals surface area (Å²) in [6, 6.07) is 9.01. The minimum absolute atomic E-state index is 0.00170. The van der Waals surface area contributed by atoms with E-state index < -0.39 is 11.6 Å². The lowest BCUT2D eigenvalue weighted by molar-refractivity contribution is -0.137. The van der Waals surface area contributed by atoms with E-state index in [0.29, 0.717) is 25.7 Å². The number of amides is 2. The van der Waals surface area contributed by atoms with Gasteiger partial charge in [0.2, 0.25) is 0 Å². The van der Waals surface area contributed by atoms with E-state index in [1.807, 2.05) is 30.3 Å². The zero-order chi connectivity index (χ0) is 16.7. The van der Waals surface area contributed by atoms with Crippen LogP contribution in [0, 0.1) is 0 Å². The molecule has 1 aliphatic rings. The van der Waals surface area contributed by atoms with Crippen LogP contribution in [-0.2, 0) is 11.2 Å². The molecule has 1 aromatic rings. The van der Waals surface area contributed by atoms with E-state index in [9.17, 15) is 14.7 Å². The van der Waals surface area contributed by atoms with Crippen LogP contribution in [0.5, 0.6) is 0 Å². The third kappa shape index (κ3) is 5.90. The molecule has 1 saturated carbocycles. The molecule has 23 heavy (non-hydrogen) atoms. The number of aliphatic carboxylic acids is 1. The van der Waals surface area contributed by atoms with E-state index in [0.717, 1.165) is 12.0 Å². The van der Waals surface area contributed by atoms with E-state index in [1.165, 1.54) is 0 Å². The molecule has 0 spiro atoms. The smallest absolute Gasteiger partial charge is 0.315 e. The fourth-order valence-electron chi connectivity index (χ4n) is 2.66. The zero-order valence-corrected chi connectivity index (χ0v) is 13.1.